The predicted octanol–water partition coefficient (Wildman–Crippen LogP) is 4.52. The van der Waals surface area contributed by atoms with Gasteiger partial charge in [-0.15, -0.1) is 0 Å². The minimum absolute atomic E-state index is 0.0322. The second kappa shape index (κ2) is 7.99. The maximum Gasteiger partial charge on any atom is 0.387 e. The number of halogens is 2. The molecule has 1 unspecified atom stereocenters. The number of hydrogen-bond donors (Lipinski definition) is 3. The van der Waals surface area contributed by atoms with Crippen LogP contribution in [-0.4, -0.2) is 33.4 Å². The van der Waals surface area contributed by atoms with Crippen LogP contribution in [0.2, 0.25) is 0 Å². The number of hydrogen-bond acceptors (Lipinski definition) is 5. The van der Waals surface area contributed by atoms with Gasteiger partial charge in [0.15, 0.2) is 0 Å². The van der Waals surface area contributed by atoms with Crippen LogP contribution in [0, 0.1) is 0 Å². The number of nitrogens with zero attached hydrogens (tertiary/aromatic N) is 1. The summed E-state index contributed by atoms with van der Waals surface area (Å²) in [6.07, 6.45) is 1.07. The molecule has 0 saturated heterocycles. The van der Waals surface area contributed by atoms with Crippen molar-refractivity contribution in [3.8, 4) is 22.8 Å². The van der Waals surface area contributed by atoms with E-state index in [-0.39, 0.29) is 11.3 Å². The molecular weight excluding hydrogens is 408 g/mol. The van der Waals surface area contributed by atoms with E-state index in [9.17, 15) is 18.7 Å². The minimum Gasteiger partial charge on any atom is -0.485 e. The highest BCUT2D eigenvalue weighted by atomic mass is 19.3. The van der Waals surface area contributed by atoms with Gasteiger partial charge in [0.05, 0.1) is 29.2 Å². The summed E-state index contributed by atoms with van der Waals surface area (Å²) in [6.45, 7) is 0.768. The number of aromatic amines is 1. The van der Waals surface area contributed by atoms with Crippen molar-refractivity contribution in [2.45, 2.75) is 38.6 Å². The molecule has 2 heterocycles. The lowest BCUT2D eigenvalue weighted by Crippen LogP contribution is -2.35. The molecule has 1 aromatic heterocycles. The van der Waals surface area contributed by atoms with E-state index in [1.54, 1.807) is 30.3 Å². The minimum atomic E-state index is -2.95. The number of carbonyl (C=O) groups is 1. The number of fused-ring (bicyclic) bond motifs is 1. The first-order valence-corrected chi connectivity index (χ1v) is 9.63. The quantitative estimate of drug-likeness (QED) is 0.554. The van der Waals surface area contributed by atoms with Crippen LogP contribution >= 0.6 is 0 Å². The number of nitrogens with one attached hydrogen (secondary N) is 2. The SMILES string of the molecule is CC1(C)CC(O)c2cccc(NC(=O)c3cn[nH]c3-c3cccc(OC(F)F)c3)c2O1. The third-order valence-corrected chi connectivity index (χ3v) is 4.95. The summed E-state index contributed by atoms with van der Waals surface area (Å²) in [5.74, 6) is -0.0917. The molecule has 0 spiro atoms. The van der Waals surface area contributed by atoms with Crippen LogP contribution in [0.15, 0.2) is 48.7 Å². The maximum absolute atomic E-state index is 13.0. The van der Waals surface area contributed by atoms with Gasteiger partial charge in [-0.05, 0) is 32.0 Å². The van der Waals surface area contributed by atoms with Crippen LogP contribution in [0.4, 0.5) is 14.5 Å². The number of H-pyrrole nitrogens is 1. The Kier molecular flexibility index (Phi) is 5.36. The van der Waals surface area contributed by atoms with Crippen molar-refractivity contribution in [3.05, 3.63) is 59.8 Å². The Morgan fingerprint density at radius 2 is 2.10 bits per heavy atom. The largest absolute Gasteiger partial charge is 0.485 e. The van der Waals surface area contributed by atoms with E-state index >= 15 is 0 Å². The van der Waals surface area contributed by atoms with Crippen molar-refractivity contribution in [2.75, 3.05) is 5.32 Å². The van der Waals surface area contributed by atoms with Gasteiger partial charge in [-0.3, -0.25) is 9.89 Å². The molecule has 0 fully saturated rings. The van der Waals surface area contributed by atoms with Crippen LogP contribution in [-0.2, 0) is 0 Å². The van der Waals surface area contributed by atoms with Crippen molar-refractivity contribution >= 4 is 11.6 Å². The first kappa shape index (κ1) is 20.8. The van der Waals surface area contributed by atoms with Crippen LogP contribution < -0.4 is 14.8 Å². The highest BCUT2D eigenvalue weighted by Gasteiger charge is 2.34. The number of ether oxygens (including phenoxy) is 2. The molecule has 1 amide bonds. The van der Waals surface area contributed by atoms with E-state index in [1.165, 1.54) is 18.3 Å². The molecule has 0 bridgehead atoms. The van der Waals surface area contributed by atoms with Gasteiger partial charge in [0.1, 0.15) is 17.1 Å². The molecule has 1 aliphatic heterocycles. The maximum atomic E-state index is 13.0. The number of alkyl halides is 2. The van der Waals surface area contributed by atoms with Gasteiger partial charge in [0.25, 0.3) is 5.91 Å². The Balaban J connectivity index is 1.63. The van der Waals surface area contributed by atoms with Gasteiger partial charge >= 0.3 is 6.61 Å². The summed E-state index contributed by atoms with van der Waals surface area (Å²) in [4.78, 5) is 13.0. The van der Waals surface area contributed by atoms with Crippen molar-refractivity contribution in [2.24, 2.45) is 0 Å². The van der Waals surface area contributed by atoms with E-state index in [0.717, 1.165) is 0 Å². The molecule has 31 heavy (non-hydrogen) atoms. The summed E-state index contributed by atoms with van der Waals surface area (Å²) in [7, 11) is 0. The predicted molar refractivity (Wildman–Crippen MR) is 109 cm³/mol. The van der Waals surface area contributed by atoms with Gasteiger partial charge in [-0.2, -0.15) is 13.9 Å². The highest BCUT2D eigenvalue weighted by molar-refractivity contribution is 6.08. The smallest absolute Gasteiger partial charge is 0.387 e. The number of para-hydroxylation sites is 1. The summed E-state index contributed by atoms with van der Waals surface area (Å²) in [5.41, 5.74) is 1.44. The molecular formula is C22H21F2N3O4. The zero-order valence-electron chi connectivity index (χ0n) is 16.9. The number of benzene rings is 2. The lowest BCUT2D eigenvalue weighted by molar-refractivity contribution is -0.0498. The first-order chi connectivity index (χ1) is 14.7. The molecule has 1 aliphatic rings. The fourth-order valence-corrected chi connectivity index (χ4v) is 3.62. The van der Waals surface area contributed by atoms with E-state index in [1.807, 2.05) is 13.8 Å². The average molecular weight is 429 g/mol. The summed E-state index contributed by atoms with van der Waals surface area (Å²) in [6, 6.07) is 11.1. The summed E-state index contributed by atoms with van der Waals surface area (Å²) >= 11 is 0. The van der Waals surface area contributed by atoms with Crippen LogP contribution in [0.3, 0.4) is 0 Å². The third-order valence-electron chi connectivity index (χ3n) is 4.95. The van der Waals surface area contributed by atoms with Gasteiger partial charge in [0.2, 0.25) is 0 Å². The van der Waals surface area contributed by atoms with Crippen molar-refractivity contribution in [1.82, 2.24) is 10.2 Å². The molecule has 2 aromatic carbocycles. The van der Waals surface area contributed by atoms with E-state index in [4.69, 9.17) is 4.74 Å². The van der Waals surface area contributed by atoms with Crippen LogP contribution in [0.5, 0.6) is 11.5 Å². The Morgan fingerprint density at radius 1 is 1.32 bits per heavy atom. The molecule has 0 aliphatic carbocycles. The Labute approximate surface area is 177 Å². The van der Waals surface area contributed by atoms with Crippen LogP contribution in [0.25, 0.3) is 11.3 Å². The van der Waals surface area contributed by atoms with Crippen molar-refractivity contribution in [1.29, 1.82) is 0 Å². The second-order valence-electron chi connectivity index (χ2n) is 7.82. The highest BCUT2D eigenvalue weighted by Crippen LogP contribution is 2.43. The number of anilines is 1. The molecule has 4 rings (SSSR count). The number of aliphatic hydroxyl groups is 1. The molecule has 162 valence electrons. The number of rotatable bonds is 5. The normalized spacial score (nSPS) is 17.0. The summed E-state index contributed by atoms with van der Waals surface area (Å²) in [5, 5.41) is 19.9. The van der Waals surface area contributed by atoms with E-state index in [0.29, 0.717) is 34.7 Å². The Bertz CT molecular complexity index is 1110. The molecule has 7 nitrogen and oxygen atoms in total. The number of amides is 1. The standard InChI is InChI=1S/C22H21F2N3O4/c1-22(2)10-17(28)14-7-4-8-16(19(14)31-22)26-20(29)15-11-25-27-18(15)12-5-3-6-13(9-12)30-21(23)24/h3-9,11,17,21,28H,10H2,1-2H3,(H,25,27)(H,26,29). The fourth-order valence-electron chi connectivity index (χ4n) is 3.62. The van der Waals surface area contributed by atoms with Gasteiger partial charge in [0, 0.05) is 17.5 Å². The number of aliphatic hydroxyl groups excluding tert-OH is 1. The molecule has 3 aromatic rings. The lowest BCUT2D eigenvalue weighted by atomic mass is 9.91. The Morgan fingerprint density at radius 3 is 2.87 bits per heavy atom. The van der Waals surface area contributed by atoms with Crippen molar-refractivity contribution in [3.63, 3.8) is 0 Å². The monoisotopic (exact) mass is 429 g/mol. The molecule has 0 saturated carbocycles. The third kappa shape index (κ3) is 4.36. The topological polar surface area (TPSA) is 96.5 Å². The first-order valence-electron chi connectivity index (χ1n) is 9.63. The molecule has 3 N–H and O–H groups in total. The summed E-state index contributed by atoms with van der Waals surface area (Å²) < 4.78 is 35.5. The van der Waals surface area contributed by atoms with Gasteiger partial charge in [-0.1, -0.05) is 24.3 Å². The fraction of sp³-hybridized carbons (Fsp3) is 0.273. The van der Waals surface area contributed by atoms with E-state index in [2.05, 4.69) is 20.3 Å². The second-order valence-corrected chi connectivity index (χ2v) is 7.82. The van der Waals surface area contributed by atoms with Crippen molar-refractivity contribution < 1.29 is 28.2 Å². The van der Waals surface area contributed by atoms with E-state index < -0.39 is 24.2 Å². The zero-order chi connectivity index (χ0) is 22.2. The molecule has 1 atom stereocenters. The average Bonchev–Trinajstić information content (AvgIpc) is 3.18. The number of carbonyl (C=O) groups excluding carboxylic acids is 1. The van der Waals surface area contributed by atoms with Crippen LogP contribution in [0.1, 0.15) is 42.3 Å². The Hall–Kier alpha value is -3.46. The molecule has 9 heteroatoms. The van der Waals surface area contributed by atoms with Gasteiger partial charge < -0.3 is 19.9 Å². The number of aromatic nitrogens is 2. The van der Waals surface area contributed by atoms with Gasteiger partial charge in [-0.25, -0.2) is 0 Å². The lowest BCUT2D eigenvalue weighted by Gasteiger charge is -2.36. The zero-order valence-corrected chi connectivity index (χ0v) is 16.9. The molecule has 0 radical (unpaired) electrons.